The molecule has 0 saturated heterocycles. The molecule has 58 heavy (non-hydrogen) atoms. The molecule has 0 bridgehead atoms. The van der Waals surface area contributed by atoms with Gasteiger partial charge < -0.3 is 5.32 Å². The van der Waals surface area contributed by atoms with Gasteiger partial charge in [0.05, 0.1) is 28.2 Å². The summed E-state index contributed by atoms with van der Waals surface area (Å²) in [5.41, 5.74) is 11.6. The second kappa shape index (κ2) is 14.2. The molecule has 2 unspecified atom stereocenters. The number of thioether (sulfide) groups is 1. The molecule has 3 aliphatic rings. The van der Waals surface area contributed by atoms with Gasteiger partial charge in [-0.1, -0.05) is 140 Å². The van der Waals surface area contributed by atoms with Crippen LogP contribution in [0, 0.1) is 11.3 Å². The van der Waals surface area contributed by atoms with Gasteiger partial charge in [-0.25, -0.2) is 19.9 Å². The summed E-state index contributed by atoms with van der Waals surface area (Å²) in [4.78, 5) is 23.1. The predicted molar refractivity (Wildman–Crippen MR) is 237 cm³/mol. The van der Waals surface area contributed by atoms with Crippen LogP contribution in [-0.2, 0) is 0 Å². The summed E-state index contributed by atoms with van der Waals surface area (Å²) in [5, 5.41) is 14.5. The smallest absolute Gasteiger partial charge is 0.164 e. The van der Waals surface area contributed by atoms with Crippen LogP contribution in [0.3, 0.4) is 0 Å². The van der Waals surface area contributed by atoms with E-state index in [0.717, 1.165) is 45.8 Å². The van der Waals surface area contributed by atoms with E-state index in [4.69, 9.17) is 19.9 Å². The molecule has 2 atom stereocenters. The number of aromatic nitrogens is 3. The van der Waals surface area contributed by atoms with Crippen molar-refractivity contribution in [2.75, 3.05) is 0 Å². The van der Waals surface area contributed by atoms with E-state index < -0.39 is 0 Å². The largest absolute Gasteiger partial charge is 0.358 e. The minimum Gasteiger partial charge on any atom is -0.358 e. The lowest BCUT2D eigenvalue weighted by Gasteiger charge is -2.28. The highest BCUT2D eigenvalue weighted by molar-refractivity contribution is 8.00. The number of hydrogen-bond donors (Lipinski definition) is 1. The van der Waals surface area contributed by atoms with Crippen molar-refractivity contribution in [2.45, 2.75) is 22.6 Å². The summed E-state index contributed by atoms with van der Waals surface area (Å²) in [6.45, 7) is 0. The van der Waals surface area contributed by atoms with Crippen LogP contribution in [0.15, 0.2) is 179 Å². The summed E-state index contributed by atoms with van der Waals surface area (Å²) < 4.78 is 1.26. The Kier molecular flexibility index (Phi) is 8.42. The molecule has 6 aromatic carbocycles. The molecule has 6 nitrogen and oxygen atoms in total. The third-order valence-corrected chi connectivity index (χ3v) is 13.5. The van der Waals surface area contributed by atoms with Gasteiger partial charge in [0, 0.05) is 42.5 Å². The summed E-state index contributed by atoms with van der Waals surface area (Å²) >= 11 is 3.74. The molecular formula is C50H32N6S2. The average Bonchev–Trinajstić information content (AvgIpc) is 3.87. The van der Waals surface area contributed by atoms with Crippen molar-refractivity contribution >= 4 is 50.3 Å². The second-order valence-electron chi connectivity index (χ2n) is 14.5. The third-order valence-electron chi connectivity index (χ3n) is 11.0. The maximum atomic E-state index is 9.25. The number of nitrogens with one attached hydrogen (secondary N) is 1. The van der Waals surface area contributed by atoms with Crippen molar-refractivity contribution in [1.29, 1.82) is 5.26 Å². The van der Waals surface area contributed by atoms with Gasteiger partial charge >= 0.3 is 0 Å². The predicted octanol–water partition coefficient (Wildman–Crippen LogP) is 12.2. The molecule has 1 N–H and O–H groups in total. The van der Waals surface area contributed by atoms with E-state index in [2.05, 4.69) is 121 Å². The van der Waals surface area contributed by atoms with Crippen LogP contribution in [0.25, 0.3) is 60.9 Å². The van der Waals surface area contributed by atoms with E-state index >= 15 is 0 Å². The normalized spacial score (nSPS) is 16.6. The maximum absolute atomic E-state index is 9.25. The molecule has 274 valence electrons. The summed E-state index contributed by atoms with van der Waals surface area (Å²) in [6, 6.07) is 54.0. The van der Waals surface area contributed by atoms with E-state index in [9.17, 15) is 5.26 Å². The molecule has 0 fully saturated rings. The second-order valence-corrected chi connectivity index (χ2v) is 16.8. The lowest BCUT2D eigenvalue weighted by molar-refractivity contribution is 0.760. The third kappa shape index (κ3) is 6.04. The molecule has 11 rings (SSSR count). The fraction of sp³-hybridized carbons (Fsp3) is 0.0600. The molecule has 8 heteroatoms. The number of allylic oxidation sites excluding steroid dienone is 2. The molecule has 2 aliphatic heterocycles. The molecule has 8 aromatic rings. The molecular weight excluding hydrogens is 749 g/mol. The number of nitriles is 1. The van der Waals surface area contributed by atoms with E-state index in [0.29, 0.717) is 23.0 Å². The van der Waals surface area contributed by atoms with Gasteiger partial charge in [0.15, 0.2) is 17.5 Å². The van der Waals surface area contributed by atoms with E-state index in [1.807, 2.05) is 77.7 Å². The van der Waals surface area contributed by atoms with Gasteiger partial charge in [-0.15, -0.1) is 23.1 Å². The number of thiophene rings is 1. The van der Waals surface area contributed by atoms with Gasteiger partial charge in [0.2, 0.25) is 0 Å². The Bertz CT molecular complexity index is 3030. The maximum Gasteiger partial charge on any atom is 0.164 e. The summed E-state index contributed by atoms with van der Waals surface area (Å²) in [7, 11) is 0. The van der Waals surface area contributed by atoms with Crippen molar-refractivity contribution in [3.8, 4) is 51.4 Å². The number of amidine groups is 1. The highest BCUT2D eigenvalue weighted by Crippen LogP contribution is 2.53. The summed E-state index contributed by atoms with van der Waals surface area (Å²) in [6.07, 6.45) is 5.39. The molecule has 0 spiro atoms. The first-order chi connectivity index (χ1) is 28.7. The first-order valence-electron chi connectivity index (χ1n) is 19.2. The van der Waals surface area contributed by atoms with E-state index in [-0.39, 0.29) is 11.3 Å². The fourth-order valence-electron chi connectivity index (χ4n) is 8.11. The van der Waals surface area contributed by atoms with Crippen molar-refractivity contribution < 1.29 is 0 Å². The zero-order valence-electron chi connectivity index (χ0n) is 31.0. The molecule has 0 radical (unpaired) electrons. The Morgan fingerprint density at radius 2 is 1.28 bits per heavy atom. The standard InChI is InChI=1S/C50H32N6S2/c51-29-30-18-20-31(21-19-30)32-22-24-35(25-23-32)48-54-47(34-12-5-2-6-13-34)55-50(56-48)39-15-9-17-41-43(39)37-27-26-36(28-42(37)57-41)49-52-44(33-10-3-1-4-11-33)46-45(53-49)38-14-7-8-16-40(38)58-46/h1-27,42,44H,28H2,(H,52,53). The minimum absolute atomic E-state index is 0.0245. The van der Waals surface area contributed by atoms with Crippen LogP contribution >= 0.6 is 23.1 Å². The van der Waals surface area contributed by atoms with Crippen LogP contribution in [0.5, 0.6) is 0 Å². The summed E-state index contributed by atoms with van der Waals surface area (Å²) in [5.74, 6) is 2.84. The lowest BCUT2D eigenvalue weighted by atomic mass is 9.89. The minimum atomic E-state index is 0.0245. The number of rotatable bonds is 6. The first kappa shape index (κ1) is 34.3. The molecule has 0 saturated carbocycles. The molecule has 2 aromatic heterocycles. The Morgan fingerprint density at radius 3 is 2.03 bits per heavy atom. The van der Waals surface area contributed by atoms with E-state index in [1.54, 1.807) is 0 Å². The van der Waals surface area contributed by atoms with Gasteiger partial charge in [-0.2, -0.15) is 5.26 Å². The van der Waals surface area contributed by atoms with Crippen molar-refractivity contribution in [3.05, 3.63) is 191 Å². The van der Waals surface area contributed by atoms with Crippen LogP contribution in [0.4, 0.5) is 5.69 Å². The van der Waals surface area contributed by atoms with Crippen molar-refractivity contribution in [2.24, 2.45) is 4.99 Å². The van der Waals surface area contributed by atoms with Gasteiger partial charge in [-0.3, -0.25) is 0 Å². The number of nitrogens with zero attached hydrogens (tertiary/aromatic N) is 5. The van der Waals surface area contributed by atoms with Crippen LogP contribution in [-0.4, -0.2) is 26.0 Å². The molecule has 1 aliphatic carbocycles. The van der Waals surface area contributed by atoms with Gasteiger partial charge in [-0.05, 0) is 58.5 Å². The number of aliphatic imine (C=N–C) groups is 1. The highest BCUT2D eigenvalue weighted by atomic mass is 32.2. The van der Waals surface area contributed by atoms with Gasteiger partial charge in [0.25, 0.3) is 0 Å². The van der Waals surface area contributed by atoms with E-state index in [1.165, 1.54) is 42.1 Å². The fourth-order valence-corrected chi connectivity index (χ4v) is 10.7. The highest BCUT2D eigenvalue weighted by Gasteiger charge is 2.36. The Labute approximate surface area is 344 Å². The first-order valence-corrected chi connectivity index (χ1v) is 20.9. The Hall–Kier alpha value is -6.92. The SMILES string of the molecule is N#Cc1ccc(-c2ccc(-c3nc(-c4ccccc4)nc(-c4cccc5c4C4=CC=C(C6=Nc7c(sc8ccccc78)C(c7ccccc7)N6)CC4S5)n3)cc2)cc1. The monoisotopic (exact) mass is 780 g/mol. The van der Waals surface area contributed by atoms with Gasteiger partial charge in [0.1, 0.15) is 5.84 Å². The zero-order valence-corrected chi connectivity index (χ0v) is 32.6. The topological polar surface area (TPSA) is 86.8 Å². The number of benzene rings is 6. The number of fused-ring (bicyclic) bond motifs is 6. The lowest BCUT2D eigenvalue weighted by Crippen LogP contribution is -2.33. The molecule has 4 heterocycles. The Balaban J connectivity index is 0.979. The van der Waals surface area contributed by atoms with Crippen LogP contribution < -0.4 is 5.32 Å². The van der Waals surface area contributed by atoms with Crippen LogP contribution in [0.1, 0.15) is 34.0 Å². The zero-order chi connectivity index (χ0) is 38.6. The quantitative estimate of drug-likeness (QED) is 0.181. The molecule has 0 amide bonds. The number of hydrogen-bond acceptors (Lipinski definition) is 8. The van der Waals surface area contributed by atoms with Crippen molar-refractivity contribution in [1.82, 2.24) is 20.3 Å². The van der Waals surface area contributed by atoms with Crippen LogP contribution in [0.2, 0.25) is 0 Å². The average molecular weight is 781 g/mol. The Morgan fingerprint density at radius 1 is 0.621 bits per heavy atom. The van der Waals surface area contributed by atoms with Crippen molar-refractivity contribution in [3.63, 3.8) is 0 Å².